The third kappa shape index (κ3) is 3.32. The quantitative estimate of drug-likeness (QED) is 0.917. The highest BCUT2D eigenvalue weighted by molar-refractivity contribution is 9.10. The van der Waals surface area contributed by atoms with Gasteiger partial charge in [-0.3, -0.25) is 4.79 Å². The Kier molecular flexibility index (Phi) is 4.77. The lowest BCUT2D eigenvalue weighted by Gasteiger charge is -2.20. The second-order valence-corrected chi connectivity index (χ2v) is 6.40. The molecule has 2 heterocycles. The summed E-state index contributed by atoms with van der Waals surface area (Å²) in [6.45, 7) is 1.12. The van der Waals surface area contributed by atoms with Crippen molar-refractivity contribution in [2.24, 2.45) is 5.73 Å². The minimum atomic E-state index is -0.313. The minimum absolute atomic E-state index is 0.0447. The molecule has 1 aliphatic rings. The van der Waals surface area contributed by atoms with Crippen molar-refractivity contribution in [3.63, 3.8) is 0 Å². The van der Waals surface area contributed by atoms with Crippen LogP contribution in [-0.2, 0) is 16.1 Å². The number of hydrogen-bond donors (Lipinski definition) is 1. The van der Waals surface area contributed by atoms with Crippen molar-refractivity contribution in [2.45, 2.75) is 31.6 Å². The van der Waals surface area contributed by atoms with Gasteiger partial charge in [-0.25, -0.2) is 0 Å². The molecular weight excluding hydrogens is 316 g/mol. The van der Waals surface area contributed by atoms with Crippen molar-refractivity contribution >= 4 is 33.2 Å². The number of carbonyl (C=O) groups excluding carboxylic acids is 1. The average Bonchev–Trinajstić information content (AvgIpc) is 2.97. The molecular formula is C12H17BrN2O2S. The smallest absolute Gasteiger partial charge is 0.251 e. The lowest BCUT2D eigenvalue weighted by molar-refractivity contribution is -0.141. The van der Waals surface area contributed by atoms with Crippen LogP contribution >= 0.6 is 27.3 Å². The van der Waals surface area contributed by atoms with Crippen molar-refractivity contribution in [1.29, 1.82) is 0 Å². The van der Waals surface area contributed by atoms with E-state index in [1.54, 1.807) is 16.2 Å². The normalized spacial score (nSPS) is 23.3. The van der Waals surface area contributed by atoms with E-state index in [0.717, 1.165) is 22.2 Å². The molecule has 0 spiro atoms. The van der Waals surface area contributed by atoms with Gasteiger partial charge in [0.15, 0.2) is 0 Å². The molecule has 2 N–H and O–H groups in total. The van der Waals surface area contributed by atoms with Gasteiger partial charge in [0, 0.05) is 28.3 Å². The molecule has 100 valence electrons. The highest BCUT2D eigenvalue weighted by Crippen LogP contribution is 2.23. The Labute approximate surface area is 119 Å². The first-order chi connectivity index (χ1) is 8.60. The zero-order valence-corrected chi connectivity index (χ0v) is 12.7. The molecule has 18 heavy (non-hydrogen) atoms. The number of ether oxygens (including phenoxy) is 1. The first-order valence-corrected chi connectivity index (χ1v) is 7.61. The number of carbonyl (C=O) groups is 1. The lowest BCUT2D eigenvalue weighted by atomic mass is 10.2. The van der Waals surface area contributed by atoms with E-state index in [1.807, 2.05) is 18.5 Å². The zero-order valence-electron chi connectivity index (χ0n) is 10.3. The van der Waals surface area contributed by atoms with Gasteiger partial charge in [-0.05, 0) is 34.8 Å². The molecule has 2 unspecified atom stereocenters. The predicted octanol–water partition coefficient (Wildman–Crippen LogP) is 1.98. The van der Waals surface area contributed by atoms with Crippen molar-refractivity contribution in [2.75, 3.05) is 13.6 Å². The summed E-state index contributed by atoms with van der Waals surface area (Å²) in [7, 11) is 1.81. The standard InChI is InChI=1S/C12H17BrN2O2S/c1-15(6-10-4-8(13)7-18-10)12(16)11-3-2-9(5-14)17-11/h4,7,9,11H,2-3,5-6,14H2,1H3. The summed E-state index contributed by atoms with van der Waals surface area (Å²) < 4.78 is 6.67. The number of nitrogens with zero attached hydrogens (tertiary/aromatic N) is 1. The largest absolute Gasteiger partial charge is 0.364 e. The molecule has 0 radical (unpaired) electrons. The van der Waals surface area contributed by atoms with E-state index < -0.39 is 0 Å². The summed E-state index contributed by atoms with van der Waals surface area (Å²) >= 11 is 5.05. The molecule has 4 nitrogen and oxygen atoms in total. The van der Waals surface area contributed by atoms with E-state index in [0.29, 0.717) is 13.1 Å². The Morgan fingerprint density at radius 3 is 3.00 bits per heavy atom. The molecule has 1 saturated heterocycles. The van der Waals surface area contributed by atoms with E-state index in [9.17, 15) is 4.79 Å². The van der Waals surface area contributed by atoms with Crippen molar-refractivity contribution in [3.05, 3.63) is 20.8 Å². The maximum atomic E-state index is 12.2. The third-order valence-electron chi connectivity index (χ3n) is 3.04. The van der Waals surface area contributed by atoms with Crippen LogP contribution < -0.4 is 5.73 Å². The highest BCUT2D eigenvalue weighted by atomic mass is 79.9. The van der Waals surface area contributed by atoms with Gasteiger partial charge < -0.3 is 15.4 Å². The fraction of sp³-hybridized carbons (Fsp3) is 0.583. The molecule has 6 heteroatoms. The second kappa shape index (κ2) is 6.14. The number of halogens is 1. The Balaban J connectivity index is 1.89. The maximum absolute atomic E-state index is 12.2. The number of nitrogens with two attached hydrogens (primary N) is 1. The number of rotatable bonds is 4. The van der Waals surface area contributed by atoms with E-state index in [4.69, 9.17) is 10.5 Å². The van der Waals surface area contributed by atoms with Crippen LogP contribution in [0.2, 0.25) is 0 Å². The van der Waals surface area contributed by atoms with Crippen molar-refractivity contribution in [1.82, 2.24) is 4.90 Å². The molecule has 2 rings (SSSR count). The van der Waals surface area contributed by atoms with E-state index in [-0.39, 0.29) is 18.1 Å². The summed E-state index contributed by atoms with van der Waals surface area (Å²) in [5.41, 5.74) is 5.55. The van der Waals surface area contributed by atoms with Gasteiger partial charge in [-0.1, -0.05) is 0 Å². The van der Waals surface area contributed by atoms with Gasteiger partial charge in [0.25, 0.3) is 5.91 Å². The first kappa shape index (κ1) is 14.0. The molecule has 2 atom stereocenters. The van der Waals surface area contributed by atoms with Gasteiger partial charge >= 0.3 is 0 Å². The van der Waals surface area contributed by atoms with Crippen LogP contribution in [-0.4, -0.2) is 36.6 Å². The second-order valence-electron chi connectivity index (χ2n) is 4.49. The van der Waals surface area contributed by atoms with Crippen LogP contribution in [0, 0.1) is 0 Å². The average molecular weight is 333 g/mol. The van der Waals surface area contributed by atoms with Crippen LogP contribution in [0.5, 0.6) is 0 Å². The zero-order chi connectivity index (χ0) is 13.1. The van der Waals surface area contributed by atoms with E-state index in [2.05, 4.69) is 15.9 Å². The molecule has 1 fully saturated rings. The first-order valence-electron chi connectivity index (χ1n) is 5.93. The van der Waals surface area contributed by atoms with Crippen molar-refractivity contribution < 1.29 is 9.53 Å². The number of likely N-dealkylation sites (N-methyl/N-ethyl adjacent to an activating group) is 1. The summed E-state index contributed by atoms with van der Waals surface area (Å²) in [6, 6.07) is 2.03. The minimum Gasteiger partial charge on any atom is -0.364 e. The van der Waals surface area contributed by atoms with Crippen LogP contribution in [0.15, 0.2) is 15.9 Å². The maximum Gasteiger partial charge on any atom is 0.251 e. The van der Waals surface area contributed by atoms with Crippen LogP contribution in [0.1, 0.15) is 17.7 Å². The predicted molar refractivity (Wildman–Crippen MR) is 75.4 cm³/mol. The van der Waals surface area contributed by atoms with Crippen LogP contribution in [0.4, 0.5) is 0 Å². The Morgan fingerprint density at radius 2 is 2.44 bits per heavy atom. The molecule has 0 bridgehead atoms. The van der Waals surface area contributed by atoms with Gasteiger partial charge in [0.2, 0.25) is 0 Å². The topological polar surface area (TPSA) is 55.6 Å². The molecule has 1 aromatic heterocycles. The lowest BCUT2D eigenvalue weighted by Crippen LogP contribution is -2.36. The number of amides is 1. The van der Waals surface area contributed by atoms with Gasteiger partial charge in [0.1, 0.15) is 6.10 Å². The van der Waals surface area contributed by atoms with E-state index in [1.165, 1.54) is 0 Å². The molecule has 0 saturated carbocycles. The Hall–Kier alpha value is -0.430. The Bertz CT molecular complexity index is 424. The van der Waals surface area contributed by atoms with E-state index >= 15 is 0 Å². The summed E-state index contributed by atoms with van der Waals surface area (Å²) in [5, 5.41) is 2.02. The Morgan fingerprint density at radius 1 is 1.67 bits per heavy atom. The third-order valence-corrected chi connectivity index (χ3v) is 4.72. The number of hydrogen-bond acceptors (Lipinski definition) is 4. The fourth-order valence-electron chi connectivity index (χ4n) is 2.05. The summed E-state index contributed by atoms with van der Waals surface area (Å²) in [6.07, 6.45) is 1.39. The molecule has 1 aromatic rings. The summed E-state index contributed by atoms with van der Waals surface area (Å²) in [4.78, 5) is 15.1. The highest BCUT2D eigenvalue weighted by Gasteiger charge is 2.31. The van der Waals surface area contributed by atoms with Gasteiger partial charge in [0.05, 0.1) is 12.6 Å². The molecule has 1 amide bonds. The number of thiophene rings is 1. The van der Waals surface area contributed by atoms with Crippen molar-refractivity contribution in [3.8, 4) is 0 Å². The van der Waals surface area contributed by atoms with Gasteiger partial charge in [-0.15, -0.1) is 11.3 Å². The fourth-order valence-corrected chi connectivity index (χ4v) is 3.56. The monoisotopic (exact) mass is 332 g/mol. The molecule has 0 aliphatic carbocycles. The SMILES string of the molecule is CN(Cc1cc(Br)cs1)C(=O)C1CCC(CN)O1. The van der Waals surface area contributed by atoms with Gasteiger partial charge in [-0.2, -0.15) is 0 Å². The van der Waals surface area contributed by atoms with Crippen LogP contribution in [0.25, 0.3) is 0 Å². The summed E-state index contributed by atoms with van der Waals surface area (Å²) in [5.74, 6) is 0.0514. The van der Waals surface area contributed by atoms with Crippen LogP contribution in [0.3, 0.4) is 0 Å². The molecule has 0 aromatic carbocycles. The molecule has 1 aliphatic heterocycles.